The van der Waals surface area contributed by atoms with Crippen molar-refractivity contribution in [2.75, 3.05) is 5.75 Å². The minimum atomic E-state index is 0.0773. The average Bonchev–Trinajstić information content (AvgIpc) is 3.17. The summed E-state index contributed by atoms with van der Waals surface area (Å²) in [5.74, 6) is 0.842. The summed E-state index contributed by atoms with van der Waals surface area (Å²) < 4.78 is 7.84. The number of carbonyl (C=O) groups excluding carboxylic acids is 1. The van der Waals surface area contributed by atoms with E-state index < -0.39 is 0 Å². The summed E-state index contributed by atoms with van der Waals surface area (Å²) in [5, 5.41) is 8.56. The van der Waals surface area contributed by atoms with Gasteiger partial charge in [0.2, 0.25) is 5.89 Å². The first-order valence-electron chi connectivity index (χ1n) is 8.23. The second kappa shape index (κ2) is 7.27. The molecule has 0 aliphatic heterocycles. The van der Waals surface area contributed by atoms with Crippen LogP contribution >= 0.6 is 11.8 Å². The summed E-state index contributed by atoms with van der Waals surface area (Å²) >= 11 is 1.28. The predicted octanol–water partition coefficient (Wildman–Crippen LogP) is 4.46. The minimum absolute atomic E-state index is 0.0773. The van der Waals surface area contributed by atoms with Crippen LogP contribution in [0.4, 0.5) is 0 Å². The molecule has 0 unspecified atom stereocenters. The summed E-state index contributed by atoms with van der Waals surface area (Å²) in [5.41, 5.74) is 4.88. The summed E-state index contributed by atoms with van der Waals surface area (Å²) in [6.45, 7) is 8.94. The lowest BCUT2D eigenvalue weighted by Crippen LogP contribution is -2.05. The van der Waals surface area contributed by atoms with E-state index in [9.17, 15) is 4.79 Å². The van der Waals surface area contributed by atoms with Gasteiger partial charge in [0.05, 0.1) is 5.75 Å². The van der Waals surface area contributed by atoms with Gasteiger partial charge in [-0.25, -0.2) is 0 Å². The van der Waals surface area contributed by atoms with Gasteiger partial charge in [0.1, 0.15) is 0 Å². The quantitative estimate of drug-likeness (QED) is 0.483. The molecule has 2 heterocycles. The van der Waals surface area contributed by atoms with Gasteiger partial charge >= 0.3 is 0 Å². The zero-order chi connectivity index (χ0) is 18.0. The SMILES string of the molecule is CCn1c(C)cc(C(=O)CSc2nnc(-c3ccccc3C)o2)c1C. The fourth-order valence-corrected chi connectivity index (χ4v) is 3.61. The van der Waals surface area contributed by atoms with Crippen molar-refractivity contribution in [1.82, 2.24) is 14.8 Å². The Morgan fingerprint density at radius 2 is 1.96 bits per heavy atom. The van der Waals surface area contributed by atoms with Gasteiger partial charge in [0, 0.05) is 29.1 Å². The standard InChI is InChI=1S/C19H21N3O2S/c1-5-22-13(3)10-16(14(22)4)17(23)11-25-19-21-20-18(24-19)15-9-7-6-8-12(15)2/h6-10H,5,11H2,1-4H3. The number of thioether (sulfide) groups is 1. The molecule has 25 heavy (non-hydrogen) atoms. The number of hydrogen-bond donors (Lipinski definition) is 0. The first-order valence-corrected chi connectivity index (χ1v) is 9.22. The molecule has 5 nitrogen and oxygen atoms in total. The third-order valence-electron chi connectivity index (χ3n) is 4.30. The number of benzene rings is 1. The van der Waals surface area contributed by atoms with Crippen molar-refractivity contribution in [2.24, 2.45) is 0 Å². The summed E-state index contributed by atoms with van der Waals surface area (Å²) in [4.78, 5) is 12.5. The van der Waals surface area contributed by atoms with Crippen molar-refractivity contribution in [2.45, 2.75) is 39.5 Å². The van der Waals surface area contributed by atoms with Crippen molar-refractivity contribution in [3.63, 3.8) is 0 Å². The number of aromatic nitrogens is 3. The Kier molecular flexibility index (Phi) is 5.08. The van der Waals surface area contributed by atoms with Crippen molar-refractivity contribution in [3.8, 4) is 11.5 Å². The Morgan fingerprint density at radius 1 is 1.20 bits per heavy atom. The number of nitrogens with zero attached hydrogens (tertiary/aromatic N) is 3. The lowest BCUT2D eigenvalue weighted by atomic mass is 10.1. The number of carbonyl (C=O) groups is 1. The number of hydrogen-bond acceptors (Lipinski definition) is 5. The molecule has 0 aliphatic carbocycles. The van der Waals surface area contributed by atoms with Crippen molar-refractivity contribution >= 4 is 17.5 Å². The topological polar surface area (TPSA) is 60.9 Å². The Hall–Kier alpha value is -2.34. The van der Waals surface area contributed by atoms with Crippen LogP contribution in [0.15, 0.2) is 40.0 Å². The van der Waals surface area contributed by atoms with Gasteiger partial charge in [-0.1, -0.05) is 30.0 Å². The first kappa shape index (κ1) is 17.5. The lowest BCUT2D eigenvalue weighted by molar-refractivity contribution is 0.102. The largest absolute Gasteiger partial charge is 0.411 e. The molecule has 0 radical (unpaired) electrons. The Morgan fingerprint density at radius 3 is 2.64 bits per heavy atom. The number of rotatable bonds is 6. The molecular formula is C19H21N3O2S. The van der Waals surface area contributed by atoms with Crippen LogP contribution < -0.4 is 0 Å². The van der Waals surface area contributed by atoms with Gasteiger partial charge in [-0.05, 0) is 45.4 Å². The van der Waals surface area contributed by atoms with Crippen LogP contribution in [0.5, 0.6) is 0 Å². The molecule has 6 heteroatoms. The molecule has 1 aromatic carbocycles. The Bertz CT molecular complexity index is 911. The van der Waals surface area contributed by atoms with Crippen molar-refractivity contribution in [3.05, 3.63) is 52.8 Å². The van der Waals surface area contributed by atoms with E-state index in [0.29, 0.717) is 11.1 Å². The van der Waals surface area contributed by atoms with Crippen LogP contribution in [0.2, 0.25) is 0 Å². The maximum absolute atomic E-state index is 12.5. The van der Waals surface area contributed by atoms with Crippen LogP contribution in [0.1, 0.15) is 34.2 Å². The molecule has 2 aromatic heterocycles. The van der Waals surface area contributed by atoms with Crippen LogP contribution in [-0.4, -0.2) is 26.3 Å². The van der Waals surface area contributed by atoms with Gasteiger partial charge in [-0.3, -0.25) is 4.79 Å². The predicted molar refractivity (Wildman–Crippen MR) is 99.1 cm³/mol. The monoisotopic (exact) mass is 355 g/mol. The fourth-order valence-electron chi connectivity index (χ4n) is 2.96. The Labute approximate surface area is 151 Å². The molecule has 0 atom stereocenters. The van der Waals surface area contributed by atoms with E-state index in [2.05, 4.69) is 21.7 Å². The number of aryl methyl sites for hydroxylation is 2. The fraction of sp³-hybridized carbons (Fsp3) is 0.316. The van der Waals surface area contributed by atoms with Crippen LogP contribution in [0.3, 0.4) is 0 Å². The molecule has 0 N–H and O–H groups in total. The second-order valence-corrected chi connectivity index (χ2v) is 6.86. The molecule has 3 rings (SSSR count). The zero-order valence-electron chi connectivity index (χ0n) is 14.9. The van der Waals surface area contributed by atoms with Gasteiger partial charge < -0.3 is 8.98 Å². The number of ketones is 1. The minimum Gasteiger partial charge on any atom is -0.411 e. The van der Waals surface area contributed by atoms with Gasteiger partial charge in [-0.2, -0.15) is 0 Å². The second-order valence-electron chi connectivity index (χ2n) is 5.93. The summed E-state index contributed by atoms with van der Waals surface area (Å²) in [6.07, 6.45) is 0. The molecule has 0 bridgehead atoms. The highest BCUT2D eigenvalue weighted by Crippen LogP contribution is 2.26. The van der Waals surface area contributed by atoms with E-state index in [0.717, 1.165) is 34.6 Å². The number of Topliss-reactive ketones (excluding diaryl/α,β-unsaturated/α-hetero) is 1. The normalized spacial score (nSPS) is 11.0. The highest BCUT2D eigenvalue weighted by atomic mass is 32.2. The molecule has 0 amide bonds. The Balaban J connectivity index is 1.71. The highest BCUT2D eigenvalue weighted by molar-refractivity contribution is 7.99. The molecule has 130 valence electrons. The highest BCUT2D eigenvalue weighted by Gasteiger charge is 2.17. The molecule has 0 spiro atoms. The van der Waals surface area contributed by atoms with E-state index in [1.165, 1.54) is 11.8 Å². The smallest absolute Gasteiger partial charge is 0.277 e. The van der Waals surface area contributed by atoms with E-state index in [1.54, 1.807) is 0 Å². The average molecular weight is 355 g/mol. The summed E-state index contributed by atoms with van der Waals surface area (Å²) in [6, 6.07) is 9.80. The van der Waals surface area contributed by atoms with E-state index in [4.69, 9.17) is 4.42 Å². The molecular weight excluding hydrogens is 334 g/mol. The molecule has 0 fully saturated rings. The molecule has 3 aromatic rings. The summed E-state index contributed by atoms with van der Waals surface area (Å²) in [7, 11) is 0. The lowest BCUT2D eigenvalue weighted by Gasteiger charge is -2.05. The van der Waals surface area contributed by atoms with E-state index in [-0.39, 0.29) is 11.5 Å². The molecule has 0 aliphatic rings. The van der Waals surface area contributed by atoms with Crippen LogP contribution in [-0.2, 0) is 6.54 Å². The van der Waals surface area contributed by atoms with Gasteiger partial charge in [0.25, 0.3) is 5.22 Å². The van der Waals surface area contributed by atoms with Crippen molar-refractivity contribution in [1.29, 1.82) is 0 Å². The molecule has 0 saturated heterocycles. The third-order valence-corrected chi connectivity index (χ3v) is 5.12. The maximum Gasteiger partial charge on any atom is 0.277 e. The maximum atomic E-state index is 12.5. The zero-order valence-corrected chi connectivity index (χ0v) is 15.7. The van der Waals surface area contributed by atoms with Gasteiger partial charge in [-0.15, -0.1) is 10.2 Å². The first-order chi connectivity index (χ1) is 12.0. The van der Waals surface area contributed by atoms with E-state index in [1.807, 2.05) is 51.1 Å². The third kappa shape index (κ3) is 3.54. The van der Waals surface area contributed by atoms with Crippen LogP contribution in [0.25, 0.3) is 11.5 Å². The van der Waals surface area contributed by atoms with E-state index >= 15 is 0 Å². The van der Waals surface area contributed by atoms with Crippen LogP contribution in [0, 0.1) is 20.8 Å². The molecule has 0 saturated carbocycles. The van der Waals surface area contributed by atoms with Gasteiger partial charge in [0.15, 0.2) is 5.78 Å². The van der Waals surface area contributed by atoms with Crippen molar-refractivity contribution < 1.29 is 9.21 Å².